The van der Waals surface area contributed by atoms with Gasteiger partial charge in [0.25, 0.3) is 0 Å². The van der Waals surface area contributed by atoms with Crippen molar-refractivity contribution in [2.45, 2.75) is 41.3 Å². The molecule has 12 heavy (non-hydrogen) atoms. The van der Waals surface area contributed by atoms with Crippen LogP contribution in [0.5, 0.6) is 0 Å². The lowest BCUT2D eigenvalue weighted by atomic mass is 10.5. The maximum atomic E-state index is 5.29. The monoisotopic (exact) mass is 195 g/mol. The molecule has 0 rings (SSSR count). The van der Waals surface area contributed by atoms with Gasteiger partial charge < -0.3 is 8.95 Å². The van der Waals surface area contributed by atoms with Gasteiger partial charge in [0.2, 0.25) is 0 Å². The molecule has 0 aromatic rings. The number of hydroxylamine groups is 1. The summed E-state index contributed by atoms with van der Waals surface area (Å²) >= 11 is 0. The van der Waals surface area contributed by atoms with Gasteiger partial charge in [0, 0.05) is 13.7 Å². The van der Waals surface area contributed by atoms with Crippen LogP contribution in [0.1, 0.15) is 28.2 Å². The van der Waals surface area contributed by atoms with Gasteiger partial charge in [-0.25, -0.2) is 5.48 Å². The SMILES string of the molecule is C.C.CCCNO[Si](C)(C)OC. The first-order valence-corrected chi connectivity index (χ1v) is 6.40. The summed E-state index contributed by atoms with van der Waals surface area (Å²) in [5, 5.41) is 0. The maximum absolute atomic E-state index is 5.29. The van der Waals surface area contributed by atoms with E-state index in [1.807, 2.05) is 13.1 Å². The minimum Gasteiger partial charge on any atom is -0.397 e. The zero-order chi connectivity index (χ0) is 8.04. The van der Waals surface area contributed by atoms with Crippen molar-refractivity contribution in [2.75, 3.05) is 13.7 Å². The van der Waals surface area contributed by atoms with Gasteiger partial charge in [-0.2, -0.15) is 0 Å². The van der Waals surface area contributed by atoms with Crippen LogP contribution in [-0.4, -0.2) is 22.2 Å². The lowest BCUT2D eigenvalue weighted by molar-refractivity contribution is 0.129. The first-order chi connectivity index (χ1) is 4.62. The first-order valence-electron chi connectivity index (χ1n) is 3.58. The fourth-order valence-corrected chi connectivity index (χ4v) is 0.902. The first kappa shape index (κ1) is 18.0. The lowest BCUT2D eigenvalue weighted by Crippen LogP contribution is -2.39. The lowest BCUT2D eigenvalue weighted by Gasteiger charge is -2.19. The van der Waals surface area contributed by atoms with Crippen LogP contribution in [-0.2, 0) is 8.95 Å². The zero-order valence-corrected chi connectivity index (χ0v) is 8.23. The van der Waals surface area contributed by atoms with Crippen molar-refractivity contribution in [1.82, 2.24) is 5.48 Å². The Morgan fingerprint density at radius 2 is 1.75 bits per heavy atom. The average molecular weight is 195 g/mol. The van der Waals surface area contributed by atoms with Gasteiger partial charge in [0.1, 0.15) is 0 Å². The van der Waals surface area contributed by atoms with Gasteiger partial charge in [-0.05, 0) is 19.5 Å². The molecule has 0 aliphatic carbocycles. The van der Waals surface area contributed by atoms with Crippen molar-refractivity contribution in [1.29, 1.82) is 0 Å². The van der Waals surface area contributed by atoms with Crippen molar-refractivity contribution >= 4 is 8.56 Å². The predicted molar refractivity (Wildman–Crippen MR) is 57.3 cm³/mol. The van der Waals surface area contributed by atoms with Crippen LogP contribution in [0.15, 0.2) is 0 Å². The Hall–Kier alpha value is 0.0969. The van der Waals surface area contributed by atoms with E-state index in [4.69, 9.17) is 8.95 Å². The van der Waals surface area contributed by atoms with E-state index in [0.29, 0.717) is 0 Å². The maximum Gasteiger partial charge on any atom is 0.351 e. The second-order valence-electron chi connectivity index (χ2n) is 2.60. The fourth-order valence-electron chi connectivity index (χ4n) is 0.369. The average Bonchev–Trinajstić information content (AvgIpc) is 1.89. The number of rotatable bonds is 5. The number of hydrogen-bond acceptors (Lipinski definition) is 3. The largest absolute Gasteiger partial charge is 0.397 e. The van der Waals surface area contributed by atoms with Crippen LogP contribution >= 0.6 is 0 Å². The van der Waals surface area contributed by atoms with E-state index in [9.17, 15) is 0 Å². The summed E-state index contributed by atoms with van der Waals surface area (Å²) in [5.41, 5.74) is 2.86. The Morgan fingerprint density at radius 1 is 1.25 bits per heavy atom. The molecule has 0 atom stereocenters. The molecule has 0 heterocycles. The Balaban J connectivity index is -0.000000405. The van der Waals surface area contributed by atoms with Crippen molar-refractivity contribution in [3.8, 4) is 0 Å². The highest BCUT2D eigenvalue weighted by Gasteiger charge is 2.22. The van der Waals surface area contributed by atoms with E-state index in [-0.39, 0.29) is 14.9 Å². The van der Waals surface area contributed by atoms with Crippen LogP contribution in [0.2, 0.25) is 13.1 Å². The van der Waals surface area contributed by atoms with E-state index in [1.54, 1.807) is 7.11 Å². The highest BCUT2D eigenvalue weighted by atomic mass is 28.4. The summed E-state index contributed by atoms with van der Waals surface area (Å²) in [6.45, 7) is 6.98. The summed E-state index contributed by atoms with van der Waals surface area (Å²) in [5.74, 6) is 0. The molecule has 0 radical (unpaired) electrons. The molecule has 0 bridgehead atoms. The standard InChI is InChI=1S/C6H17NO2Si.2CH4/c1-5-6-7-9-10(3,4)8-2;;/h7H,5-6H2,1-4H3;2*1H4. The van der Waals surface area contributed by atoms with Crippen molar-refractivity contribution < 1.29 is 8.95 Å². The molecule has 0 fully saturated rings. The third-order valence-electron chi connectivity index (χ3n) is 1.16. The van der Waals surface area contributed by atoms with Gasteiger partial charge in [-0.3, -0.25) is 0 Å². The van der Waals surface area contributed by atoms with Crippen molar-refractivity contribution in [3.05, 3.63) is 0 Å². The quantitative estimate of drug-likeness (QED) is 0.415. The second-order valence-corrected chi connectivity index (χ2v) is 6.01. The molecule has 0 aliphatic heterocycles. The van der Waals surface area contributed by atoms with E-state index >= 15 is 0 Å². The third kappa shape index (κ3) is 10.1. The molecule has 0 aromatic heterocycles. The number of hydrogen-bond donors (Lipinski definition) is 1. The fraction of sp³-hybridized carbons (Fsp3) is 1.00. The molecule has 3 nitrogen and oxygen atoms in total. The van der Waals surface area contributed by atoms with Gasteiger partial charge >= 0.3 is 8.56 Å². The summed E-state index contributed by atoms with van der Waals surface area (Å²) in [6, 6.07) is 0. The Labute approximate surface area is 78.7 Å². The highest BCUT2D eigenvalue weighted by Crippen LogP contribution is 2.00. The molecule has 1 N–H and O–H groups in total. The molecule has 0 aromatic carbocycles. The Kier molecular flexibility index (Phi) is 13.8. The van der Waals surface area contributed by atoms with Gasteiger partial charge in [-0.15, -0.1) is 0 Å². The molecule has 0 unspecified atom stereocenters. The minimum absolute atomic E-state index is 0. The van der Waals surface area contributed by atoms with E-state index in [1.165, 1.54) is 0 Å². The van der Waals surface area contributed by atoms with E-state index in [2.05, 4.69) is 12.4 Å². The predicted octanol–water partition coefficient (Wildman–Crippen LogP) is 2.54. The molecular formula is C8H25NO2Si. The molecule has 78 valence electrons. The summed E-state index contributed by atoms with van der Waals surface area (Å²) in [4.78, 5) is 0. The van der Waals surface area contributed by atoms with Crippen LogP contribution in [0, 0.1) is 0 Å². The third-order valence-corrected chi connectivity index (χ3v) is 2.78. The zero-order valence-electron chi connectivity index (χ0n) is 7.23. The van der Waals surface area contributed by atoms with Gasteiger partial charge in [0.15, 0.2) is 0 Å². The molecule has 0 saturated carbocycles. The summed E-state index contributed by atoms with van der Waals surface area (Å²) in [6.07, 6.45) is 1.08. The smallest absolute Gasteiger partial charge is 0.351 e. The molecule has 0 amide bonds. The van der Waals surface area contributed by atoms with E-state index in [0.717, 1.165) is 13.0 Å². The summed E-state index contributed by atoms with van der Waals surface area (Å²) in [7, 11) is -0.145. The van der Waals surface area contributed by atoms with Crippen LogP contribution in [0.3, 0.4) is 0 Å². The van der Waals surface area contributed by atoms with Gasteiger partial charge in [-0.1, -0.05) is 21.8 Å². The molecular weight excluding hydrogens is 170 g/mol. The van der Waals surface area contributed by atoms with Crippen molar-refractivity contribution in [2.24, 2.45) is 0 Å². The molecule has 4 heteroatoms. The Morgan fingerprint density at radius 3 is 2.08 bits per heavy atom. The van der Waals surface area contributed by atoms with Crippen LogP contribution in [0.25, 0.3) is 0 Å². The molecule has 0 spiro atoms. The van der Waals surface area contributed by atoms with Crippen molar-refractivity contribution in [3.63, 3.8) is 0 Å². The van der Waals surface area contributed by atoms with Crippen LogP contribution < -0.4 is 5.48 Å². The minimum atomic E-state index is -1.83. The van der Waals surface area contributed by atoms with Crippen LogP contribution in [0.4, 0.5) is 0 Å². The summed E-state index contributed by atoms with van der Waals surface area (Å²) < 4.78 is 10.4. The second kappa shape index (κ2) is 9.19. The normalized spacial score (nSPS) is 10.0. The Bertz CT molecular complexity index is 89.1. The molecule has 0 saturated heterocycles. The highest BCUT2D eigenvalue weighted by molar-refractivity contribution is 6.64. The van der Waals surface area contributed by atoms with E-state index < -0.39 is 8.56 Å². The topological polar surface area (TPSA) is 30.5 Å². The van der Waals surface area contributed by atoms with Gasteiger partial charge in [0.05, 0.1) is 0 Å². The molecule has 0 aliphatic rings. The number of nitrogens with one attached hydrogen (secondary N) is 1.